The fourth-order valence-electron chi connectivity index (χ4n) is 2.98. The van der Waals surface area contributed by atoms with Crippen molar-refractivity contribution < 1.29 is 0 Å². The zero-order valence-electron chi connectivity index (χ0n) is 12.6. The van der Waals surface area contributed by atoms with Crippen LogP contribution >= 0.6 is 23.2 Å². The van der Waals surface area contributed by atoms with E-state index in [0.717, 1.165) is 47.2 Å². The van der Waals surface area contributed by atoms with Gasteiger partial charge >= 0.3 is 0 Å². The SMILES string of the molecule is CC(Nc1c(Cl)ccc2c1CCNCC2)c1cccc(Cl)c1. The van der Waals surface area contributed by atoms with Crippen molar-refractivity contribution in [2.45, 2.75) is 25.8 Å². The van der Waals surface area contributed by atoms with Gasteiger partial charge in [-0.1, -0.05) is 41.4 Å². The minimum atomic E-state index is 0.152. The van der Waals surface area contributed by atoms with Crippen molar-refractivity contribution in [2.75, 3.05) is 18.4 Å². The Morgan fingerprint density at radius 3 is 2.73 bits per heavy atom. The molecule has 1 aliphatic heterocycles. The van der Waals surface area contributed by atoms with Crippen molar-refractivity contribution in [3.05, 3.63) is 63.1 Å². The van der Waals surface area contributed by atoms with Crippen molar-refractivity contribution in [3.8, 4) is 0 Å². The van der Waals surface area contributed by atoms with Gasteiger partial charge in [0, 0.05) is 11.1 Å². The van der Waals surface area contributed by atoms with Gasteiger partial charge in [-0.2, -0.15) is 0 Å². The van der Waals surface area contributed by atoms with Gasteiger partial charge < -0.3 is 10.6 Å². The maximum Gasteiger partial charge on any atom is 0.0640 e. The molecule has 2 aromatic rings. The summed E-state index contributed by atoms with van der Waals surface area (Å²) < 4.78 is 0. The van der Waals surface area contributed by atoms with Crippen LogP contribution in [-0.4, -0.2) is 13.1 Å². The summed E-state index contributed by atoms with van der Waals surface area (Å²) in [6, 6.07) is 12.3. The fourth-order valence-corrected chi connectivity index (χ4v) is 3.41. The highest BCUT2D eigenvalue weighted by molar-refractivity contribution is 6.33. The second-order valence-electron chi connectivity index (χ2n) is 5.73. The highest BCUT2D eigenvalue weighted by Gasteiger charge is 2.17. The van der Waals surface area contributed by atoms with Crippen LogP contribution in [0.5, 0.6) is 0 Å². The van der Waals surface area contributed by atoms with E-state index in [1.807, 2.05) is 24.3 Å². The van der Waals surface area contributed by atoms with Gasteiger partial charge in [0.1, 0.15) is 0 Å². The first-order valence-corrected chi connectivity index (χ1v) is 8.43. The van der Waals surface area contributed by atoms with Crippen LogP contribution in [0, 0.1) is 0 Å². The first-order chi connectivity index (χ1) is 10.6. The number of halogens is 2. The Bertz CT molecular complexity index is 670. The Labute approximate surface area is 141 Å². The molecule has 0 spiro atoms. The van der Waals surface area contributed by atoms with E-state index in [9.17, 15) is 0 Å². The Morgan fingerprint density at radius 1 is 1.09 bits per heavy atom. The minimum Gasteiger partial charge on any atom is -0.377 e. The number of rotatable bonds is 3. The number of hydrogen-bond acceptors (Lipinski definition) is 2. The molecule has 0 saturated carbocycles. The summed E-state index contributed by atoms with van der Waals surface area (Å²) >= 11 is 12.6. The lowest BCUT2D eigenvalue weighted by atomic mass is 9.99. The number of nitrogens with one attached hydrogen (secondary N) is 2. The van der Waals surface area contributed by atoms with Crippen molar-refractivity contribution in [1.82, 2.24) is 5.32 Å². The van der Waals surface area contributed by atoms with Crippen LogP contribution < -0.4 is 10.6 Å². The molecule has 116 valence electrons. The minimum absolute atomic E-state index is 0.152. The molecule has 1 atom stereocenters. The van der Waals surface area contributed by atoms with Crippen molar-refractivity contribution in [2.24, 2.45) is 0 Å². The summed E-state index contributed by atoms with van der Waals surface area (Å²) in [6.07, 6.45) is 2.05. The van der Waals surface area contributed by atoms with Crippen LogP contribution in [0.4, 0.5) is 5.69 Å². The van der Waals surface area contributed by atoms with E-state index in [4.69, 9.17) is 23.2 Å². The van der Waals surface area contributed by atoms with Crippen LogP contribution in [0.25, 0.3) is 0 Å². The molecule has 1 unspecified atom stereocenters. The highest BCUT2D eigenvalue weighted by atomic mass is 35.5. The van der Waals surface area contributed by atoms with Crippen LogP contribution in [0.3, 0.4) is 0 Å². The molecule has 1 aliphatic rings. The summed E-state index contributed by atoms with van der Waals surface area (Å²) in [5, 5.41) is 8.58. The smallest absolute Gasteiger partial charge is 0.0640 e. The molecule has 0 radical (unpaired) electrons. The number of hydrogen-bond donors (Lipinski definition) is 2. The number of fused-ring (bicyclic) bond motifs is 1. The Morgan fingerprint density at radius 2 is 1.91 bits per heavy atom. The predicted molar refractivity (Wildman–Crippen MR) is 95.2 cm³/mol. The first kappa shape index (κ1) is 15.7. The molecule has 3 rings (SSSR count). The third-order valence-corrected chi connectivity index (χ3v) is 4.74. The molecule has 0 bridgehead atoms. The summed E-state index contributed by atoms with van der Waals surface area (Å²) in [5.41, 5.74) is 4.95. The molecule has 0 aromatic heterocycles. The van der Waals surface area contributed by atoms with Crippen LogP contribution in [0.2, 0.25) is 10.0 Å². The van der Waals surface area contributed by atoms with Gasteiger partial charge in [-0.15, -0.1) is 0 Å². The van der Waals surface area contributed by atoms with Gasteiger partial charge in [0.05, 0.1) is 10.7 Å². The van der Waals surface area contributed by atoms with E-state index in [-0.39, 0.29) is 6.04 Å². The topological polar surface area (TPSA) is 24.1 Å². The summed E-state index contributed by atoms with van der Waals surface area (Å²) in [7, 11) is 0. The Kier molecular flexibility index (Phi) is 4.92. The Balaban J connectivity index is 1.91. The predicted octanol–water partition coefficient (Wildman–Crippen LogP) is 4.85. The van der Waals surface area contributed by atoms with Crippen LogP contribution in [-0.2, 0) is 12.8 Å². The van der Waals surface area contributed by atoms with Crippen LogP contribution in [0.1, 0.15) is 29.7 Å². The van der Waals surface area contributed by atoms with Crippen molar-refractivity contribution in [1.29, 1.82) is 0 Å². The van der Waals surface area contributed by atoms with E-state index in [1.165, 1.54) is 11.1 Å². The van der Waals surface area contributed by atoms with Crippen LogP contribution in [0.15, 0.2) is 36.4 Å². The second kappa shape index (κ2) is 6.91. The molecular formula is C18H20Cl2N2. The second-order valence-corrected chi connectivity index (χ2v) is 6.57. The maximum atomic E-state index is 6.47. The lowest BCUT2D eigenvalue weighted by molar-refractivity contribution is 0.711. The van der Waals surface area contributed by atoms with Gasteiger partial charge in [-0.25, -0.2) is 0 Å². The summed E-state index contributed by atoms with van der Waals surface area (Å²) in [4.78, 5) is 0. The molecule has 2 N–H and O–H groups in total. The average Bonchev–Trinajstić information content (AvgIpc) is 2.75. The first-order valence-electron chi connectivity index (χ1n) is 7.68. The summed E-state index contributed by atoms with van der Waals surface area (Å²) in [5.74, 6) is 0. The molecule has 0 aliphatic carbocycles. The summed E-state index contributed by atoms with van der Waals surface area (Å²) in [6.45, 7) is 4.15. The molecule has 0 saturated heterocycles. The molecule has 4 heteroatoms. The third kappa shape index (κ3) is 3.40. The third-order valence-electron chi connectivity index (χ3n) is 4.19. The molecule has 0 fully saturated rings. The van der Waals surface area contributed by atoms with E-state index in [2.05, 4.69) is 29.7 Å². The molecular weight excluding hydrogens is 315 g/mol. The standard InChI is InChI=1S/C18H20Cl2N2/c1-12(14-3-2-4-15(19)11-14)22-18-16-8-10-21-9-7-13(16)5-6-17(18)20/h2-6,11-12,21-22H,7-10H2,1H3. The van der Waals surface area contributed by atoms with E-state index < -0.39 is 0 Å². The molecule has 22 heavy (non-hydrogen) atoms. The molecule has 1 heterocycles. The van der Waals surface area contributed by atoms with Gasteiger partial charge in [0.25, 0.3) is 0 Å². The largest absolute Gasteiger partial charge is 0.377 e. The highest BCUT2D eigenvalue weighted by Crippen LogP contribution is 2.33. The lowest BCUT2D eigenvalue weighted by Gasteiger charge is -2.21. The van der Waals surface area contributed by atoms with Gasteiger partial charge in [0.2, 0.25) is 0 Å². The average molecular weight is 335 g/mol. The molecule has 2 aromatic carbocycles. The zero-order valence-corrected chi connectivity index (χ0v) is 14.1. The van der Waals surface area contributed by atoms with Gasteiger partial charge in [-0.05, 0) is 67.7 Å². The van der Waals surface area contributed by atoms with E-state index in [1.54, 1.807) is 0 Å². The number of benzene rings is 2. The zero-order chi connectivity index (χ0) is 15.5. The quantitative estimate of drug-likeness (QED) is 0.837. The monoisotopic (exact) mass is 334 g/mol. The van der Waals surface area contributed by atoms with Crippen molar-refractivity contribution >= 4 is 28.9 Å². The number of anilines is 1. The maximum absolute atomic E-state index is 6.47. The van der Waals surface area contributed by atoms with Gasteiger partial charge in [-0.3, -0.25) is 0 Å². The molecule has 2 nitrogen and oxygen atoms in total. The normalized spacial score (nSPS) is 15.8. The molecule has 0 amide bonds. The Hall–Kier alpha value is -1.22. The fraction of sp³-hybridized carbons (Fsp3) is 0.333. The van der Waals surface area contributed by atoms with Crippen molar-refractivity contribution in [3.63, 3.8) is 0 Å². The van der Waals surface area contributed by atoms with E-state index >= 15 is 0 Å². The lowest BCUT2D eigenvalue weighted by Crippen LogP contribution is -2.16. The van der Waals surface area contributed by atoms with Gasteiger partial charge in [0.15, 0.2) is 0 Å². The van der Waals surface area contributed by atoms with E-state index in [0.29, 0.717) is 0 Å².